The first kappa shape index (κ1) is 15.7. The standard InChI is InChI=1S/C14H12F3N5S/c1-7-9(14(15,16)17)5-19-12(21-7)22-10-8(2)20-11(23-10)13(6-18)3-4-13/h5H,3-4H2,1-2H3,(H,19,21,22). The molecule has 0 aliphatic heterocycles. The van der Waals surface area contributed by atoms with E-state index in [2.05, 4.69) is 26.3 Å². The number of rotatable bonds is 3. The fourth-order valence-corrected chi connectivity index (χ4v) is 3.28. The molecule has 1 aliphatic rings. The quantitative estimate of drug-likeness (QED) is 0.919. The van der Waals surface area contributed by atoms with E-state index in [9.17, 15) is 18.4 Å². The Hall–Kier alpha value is -2.21. The van der Waals surface area contributed by atoms with E-state index >= 15 is 0 Å². The summed E-state index contributed by atoms with van der Waals surface area (Å²) in [6.07, 6.45) is -2.14. The van der Waals surface area contributed by atoms with Gasteiger partial charge in [0.05, 0.1) is 23.0 Å². The van der Waals surface area contributed by atoms with Gasteiger partial charge in [-0.15, -0.1) is 0 Å². The smallest absolute Gasteiger partial charge is 0.314 e. The molecule has 0 bridgehead atoms. The molecule has 2 heterocycles. The summed E-state index contributed by atoms with van der Waals surface area (Å²) in [6.45, 7) is 3.06. The van der Waals surface area contributed by atoms with Gasteiger partial charge >= 0.3 is 6.18 Å². The van der Waals surface area contributed by atoms with E-state index in [0.29, 0.717) is 10.7 Å². The highest BCUT2D eigenvalue weighted by Gasteiger charge is 2.48. The lowest BCUT2D eigenvalue weighted by atomic mass is 10.1. The van der Waals surface area contributed by atoms with Crippen molar-refractivity contribution >= 4 is 22.3 Å². The lowest BCUT2D eigenvalue weighted by Gasteiger charge is -2.10. The summed E-state index contributed by atoms with van der Waals surface area (Å²) in [6, 6.07) is 2.27. The highest BCUT2D eigenvalue weighted by atomic mass is 32.1. The third kappa shape index (κ3) is 2.86. The van der Waals surface area contributed by atoms with Crippen LogP contribution in [0.3, 0.4) is 0 Å². The van der Waals surface area contributed by atoms with Crippen molar-refractivity contribution in [1.82, 2.24) is 15.0 Å². The Bertz CT molecular complexity index is 802. The van der Waals surface area contributed by atoms with Crippen molar-refractivity contribution in [1.29, 1.82) is 5.26 Å². The molecule has 1 N–H and O–H groups in total. The minimum atomic E-state index is -4.47. The van der Waals surface area contributed by atoms with Crippen LogP contribution >= 0.6 is 11.3 Å². The normalized spacial score (nSPS) is 16.0. The Morgan fingerprint density at radius 2 is 1.96 bits per heavy atom. The number of aromatic nitrogens is 3. The maximum absolute atomic E-state index is 12.7. The molecule has 2 aromatic heterocycles. The third-order valence-electron chi connectivity index (χ3n) is 3.68. The summed E-state index contributed by atoms with van der Waals surface area (Å²) in [5, 5.41) is 13.5. The van der Waals surface area contributed by atoms with Gasteiger partial charge in [-0.3, -0.25) is 0 Å². The zero-order valence-corrected chi connectivity index (χ0v) is 13.1. The Kier molecular flexibility index (Phi) is 3.52. The topological polar surface area (TPSA) is 74.5 Å². The first-order chi connectivity index (χ1) is 10.7. The van der Waals surface area contributed by atoms with Crippen LogP contribution in [0.25, 0.3) is 0 Å². The number of alkyl halides is 3. The van der Waals surface area contributed by atoms with Crippen LogP contribution in [-0.4, -0.2) is 15.0 Å². The molecule has 0 amide bonds. The molecule has 0 saturated heterocycles. The van der Waals surface area contributed by atoms with Gasteiger partial charge in [-0.05, 0) is 26.7 Å². The van der Waals surface area contributed by atoms with Gasteiger partial charge in [0.25, 0.3) is 0 Å². The van der Waals surface area contributed by atoms with Crippen molar-refractivity contribution in [2.24, 2.45) is 0 Å². The van der Waals surface area contributed by atoms with Gasteiger partial charge in [-0.25, -0.2) is 15.0 Å². The van der Waals surface area contributed by atoms with Crippen molar-refractivity contribution in [3.05, 3.63) is 28.2 Å². The van der Waals surface area contributed by atoms with Crippen LogP contribution in [0.5, 0.6) is 0 Å². The number of nitriles is 1. The van der Waals surface area contributed by atoms with Crippen LogP contribution in [0.1, 0.15) is 34.8 Å². The van der Waals surface area contributed by atoms with Gasteiger partial charge < -0.3 is 5.32 Å². The summed E-state index contributed by atoms with van der Waals surface area (Å²) >= 11 is 1.32. The van der Waals surface area contributed by atoms with E-state index < -0.39 is 17.2 Å². The zero-order valence-electron chi connectivity index (χ0n) is 12.3. The molecule has 1 aliphatic carbocycles. The van der Waals surface area contributed by atoms with Crippen molar-refractivity contribution in [2.45, 2.75) is 38.3 Å². The largest absolute Gasteiger partial charge is 0.419 e. The number of hydrogen-bond donors (Lipinski definition) is 1. The molecule has 0 spiro atoms. The Balaban J connectivity index is 1.86. The van der Waals surface area contributed by atoms with Gasteiger partial charge in [0, 0.05) is 6.20 Å². The molecule has 9 heteroatoms. The van der Waals surface area contributed by atoms with E-state index in [1.54, 1.807) is 6.92 Å². The first-order valence-corrected chi connectivity index (χ1v) is 7.64. The zero-order chi connectivity index (χ0) is 16.8. The van der Waals surface area contributed by atoms with Crippen LogP contribution < -0.4 is 5.32 Å². The number of aryl methyl sites for hydroxylation is 2. The number of nitrogens with zero attached hydrogens (tertiary/aromatic N) is 4. The van der Waals surface area contributed by atoms with Crippen molar-refractivity contribution in [2.75, 3.05) is 5.32 Å². The molecular weight excluding hydrogens is 327 g/mol. The number of anilines is 2. The molecule has 0 atom stereocenters. The second-order valence-corrected chi connectivity index (χ2v) is 6.44. The Morgan fingerprint density at radius 1 is 1.26 bits per heavy atom. The second-order valence-electron chi connectivity index (χ2n) is 5.44. The van der Waals surface area contributed by atoms with E-state index in [1.807, 2.05) is 0 Å². The van der Waals surface area contributed by atoms with Gasteiger partial charge in [0.15, 0.2) is 0 Å². The summed E-state index contributed by atoms with van der Waals surface area (Å²) in [4.78, 5) is 12.0. The molecular formula is C14H12F3N5S. The minimum absolute atomic E-state index is 0.0793. The molecule has 1 saturated carbocycles. The summed E-state index contributed by atoms with van der Waals surface area (Å²) in [5.74, 6) is 0.0793. The van der Waals surface area contributed by atoms with Crippen LogP contribution in [0, 0.1) is 25.2 Å². The monoisotopic (exact) mass is 339 g/mol. The third-order valence-corrected chi connectivity index (χ3v) is 4.96. The fraction of sp³-hybridized carbons (Fsp3) is 0.429. The van der Waals surface area contributed by atoms with E-state index in [0.717, 1.165) is 24.0 Å². The molecule has 2 aromatic rings. The number of halogens is 3. The van der Waals surface area contributed by atoms with E-state index in [4.69, 9.17) is 0 Å². The van der Waals surface area contributed by atoms with Crippen LogP contribution in [0.2, 0.25) is 0 Å². The fourth-order valence-electron chi connectivity index (χ4n) is 2.12. The first-order valence-electron chi connectivity index (χ1n) is 6.82. The molecule has 0 aromatic carbocycles. The maximum atomic E-state index is 12.7. The molecule has 23 heavy (non-hydrogen) atoms. The summed E-state index contributed by atoms with van der Waals surface area (Å²) in [5.41, 5.74) is -0.821. The molecule has 0 unspecified atom stereocenters. The predicted molar refractivity (Wildman–Crippen MR) is 78.4 cm³/mol. The van der Waals surface area contributed by atoms with Crippen LogP contribution in [-0.2, 0) is 11.6 Å². The number of hydrogen-bond acceptors (Lipinski definition) is 6. The average Bonchev–Trinajstić information content (AvgIpc) is 3.18. The summed E-state index contributed by atoms with van der Waals surface area (Å²) < 4.78 is 38.1. The lowest BCUT2D eigenvalue weighted by Crippen LogP contribution is -2.11. The van der Waals surface area contributed by atoms with Crippen molar-refractivity contribution < 1.29 is 13.2 Å². The minimum Gasteiger partial charge on any atom is -0.314 e. The SMILES string of the molecule is Cc1nc(Nc2sc(C3(C#N)CC3)nc2C)ncc1C(F)(F)F. The van der Waals surface area contributed by atoms with Gasteiger partial charge in [0.2, 0.25) is 5.95 Å². The van der Waals surface area contributed by atoms with Gasteiger partial charge in [-0.1, -0.05) is 11.3 Å². The number of nitrogens with one attached hydrogen (secondary N) is 1. The van der Waals surface area contributed by atoms with Gasteiger partial charge in [0.1, 0.15) is 15.4 Å². The molecule has 3 rings (SSSR count). The van der Waals surface area contributed by atoms with Gasteiger partial charge in [-0.2, -0.15) is 18.4 Å². The predicted octanol–water partition coefficient (Wildman–Crippen LogP) is 3.87. The average molecular weight is 339 g/mol. The lowest BCUT2D eigenvalue weighted by molar-refractivity contribution is -0.138. The molecule has 1 fully saturated rings. The maximum Gasteiger partial charge on any atom is 0.419 e. The number of thiazole rings is 1. The molecule has 5 nitrogen and oxygen atoms in total. The highest BCUT2D eigenvalue weighted by molar-refractivity contribution is 7.16. The second kappa shape index (κ2) is 5.16. The molecule has 120 valence electrons. The Morgan fingerprint density at radius 3 is 2.48 bits per heavy atom. The Labute approximate surface area is 134 Å². The molecule has 0 radical (unpaired) electrons. The van der Waals surface area contributed by atoms with Crippen molar-refractivity contribution in [3.8, 4) is 6.07 Å². The van der Waals surface area contributed by atoms with E-state index in [1.165, 1.54) is 18.3 Å². The van der Waals surface area contributed by atoms with Crippen LogP contribution in [0.4, 0.5) is 24.1 Å². The van der Waals surface area contributed by atoms with Crippen molar-refractivity contribution in [3.63, 3.8) is 0 Å². The summed E-state index contributed by atoms with van der Waals surface area (Å²) in [7, 11) is 0. The highest BCUT2D eigenvalue weighted by Crippen LogP contribution is 2.50. The van der Waals surface area contributed by atoms with Crippen LogP contribution in [0.15, 0.2) is 6.20 Å². The van der Waals surface area contributed by atoms with E-state index in [-0.39, 0.29) is 11.6 Å².